The fourth-order valence-corrected chi connectivity index (χ4v) is 3.09. The Morgan fingerprint density at radius 1 is 1.12 bits per heavy atom. The van der Waals surface area contributed by atoms with Gasteiger partial charge in [0.05, 0.1) is 0 Å². The first-order valence-corrected chi connectivity index (χ1v) is 7.23. The van der Waals surface area contributed by atoms with E-state index in [1.807, 2.05) is 42.5 Å². The zero-order valence-corrected chi connectivity index (χ0v) is 12.1. The van der Waals surface area contributed by atoms with Crippen LogP contribution in [0.2, 0.25) is 5.02 Å². The quantitative estimate of drug-likeness (QED) is 0.635. The first-order valence-electron chi connectivity index (χ1n) is 5.07. The lowest BCUT2D eigenvalue weighted by Crippen LogP contribution is -1.85. The van der Waals surface area contributed by atoms with E-state index in [1.165, 1.54) is 4.90 Å². The maximum absolute atomic E-state index is 6.16. The number of hydrogen-bond acceptors (Lipinski definition) is 2. The van der Waals surface area contributed by atoms with Crippen molar-refractivity contribution in [2.75, 3.05) is 5.73 Å². The van der Waals surface area contributed by atoms with Crippen molar-refractivity contribution in [1.29, 1.82) is 0 Å². The van der Waals surface area contributed by atoms with Gasteiger partial charge in [-0.3, -0.25) is 0 Å². The van der Waals surface area contributed by atoms with Gasteiger partial charge in [-0.15, -0.1) is 11.8 Å². The molecule has 2 N–H and O–H groups in total. The van der Waals surface area contributed by atoms with Crippen LogP contribution in [0.1, 0.15) is 5.56 Å². The lowest BCUT2D eigenvalue weighted by atomic mass is 10.2. The summed E-state index contributed by atoms with van der Waals surface area (Å²) in [6.07, 6.45) is 0. The van der Waals surface area contributed by atoms with Gasteiger partial charge in [0.2, 0.25) is 0 Å². The third-order valence-electron chi connectivity index (χ3n) is 2.29. The topological polar surface area (TPSA) is 26.0 Å². The van der Waals surface area contributed by atoms with E-state index in [-0.39, 0.29) is 0 Å². The van der Waals surface area contributed by atoms with Crippen molar-refractivity contribution in [3.8, 4) is 0 Å². The van der Waals surface area contributed by atoms with Gasteiger partial charge in [-0.05, 0) is 42.0 Å². The summed E-state index contributed by atoms with van der Waals surface area (Å²) in [5.41, 5.74) is 7.56. The Morgan fingerprint density at radius 2 is 1.82 bits per heavy atom. The van der Waals surface area contributed by atoms with E-state index in [0.29, 0.717) is 0 Å². The molecule has 0 aliphatic rings. The molecule has 0 aromatic heterocycles. The highest BCUT2D eigenvalue weighted by atomic mass is 79.9. The highest BCUT2D eigenvalue weighted by Gasteiger charge is 2.02. The molecule has 0 saturated heterocycles. The minimum Gasteiger partial charge on any atom is -0.399 e. The van der Waals surface area contributed by atoms with Crippen molar-refractivity contribution in [2.24, 2.45) is 0 Å². The highest BCUT2D eigenvalue weighted by Crippen LogP contribution is 2.28. The Morgan fingerprint density at radius 3 is 2.47 bits per heavy atom. The van der Waals surface area contributed by atoms with E-state index in [2.05, 4.69) is 15.9 Å². The second kappa shape index (κ2) is 5.80. The van der Waals surface area contributed by atoms with E-state index < -0.39 is 0 Å². The Kier molecular flexibility index (Phi) is 4.37. The van der Waals surface area contributed by atoms with Gasteiger partial charge in [-0.25, -0.2) is 0 Å². The maximum atomic E-state index is 6.16. The molecular formula is C13H11BrClNS. The SMILES string of the molecule is Nc1ccc(SCc2ccc(Br)cc2Cl)cc1. The molecule has 0 amide bonds. The van der Waals surface area contributed by atoms with Crippen LogP contribution in [0.4, 0.5) is 5.69 Å². The first kappa shape index (κ1) is 12.8. The molecule has 2 aromatic carbocycles. The molecule has 17 heavy (non-hydrogen) atoms. The van der Waals surface area contributed by atoms with Crippen LogP contribution in [0.3, 0.4) is 0 Å². The van der Waals surface area contributed by atoms with Gasteiger partial charge < -0.3 is 5.73 Å². The van der Waals surface area contributed by atoms with Gasteiger partial charge in [0, 0.05) is 25.8 Å². The van der Waals surface area contributed by atoms with Crippen molar-refractivity contribution in [1.82, 2.24) is 0 Å². The molecule has 4 heteroatoms. The number of nitrogen functional groups attached to an aromatic ring is 1. The number of thioether (sulfide) groups is 1. The molecule has 0 aliphatic heterocycles. The van der Waals surface area contributed by atoms with Crippen LogP contribution in [0, 0.1) is 0 Å². The smallest absolute Gasteiger partial charge is 0.0457 e. The van der Waals surface area contributed by atoms with Crippen LogP contribution >= 0.6 is 39.3 Å². The second-order valence-corrected chi connectivity index (χ2v) is 5.97. The van der Waals surface area contributed by atoms with E-state index in [9.17, 15) is 0 Å². The number of benzene rings is 2. The fourth-order valence-electron chi connectivity index (χ4n) is 1.36. The highest BCUT2D eigenvalue weighted by molar-refractivity contribution is 9.10. The van der Waals surface area contributed by atoms with Gasteiger partial charge in [-0.2, -0.15) is 0 Å². The standard InChI is InChI=1S/C13H11BrClNS/c14-10-2-1-9(13(15)7-10)8-17-12-5-3-11(16)4-6-12/h1-7H,8,16H2. The van der Waals surface area contributed by atoms with Crippen molar-refractivity contribution in [3.63, 3.8) is 0 Å². The van der Waals surface area contributed by atoms with E-state index in [4.69, 9.17) is 17.3 Å². The second-order valence-electron chi connectivity index (χ2n) is 3.59. The molecule has 0 atom stereocenters. The van der Waals surface area contributed by atoms with Gasteiger partial charge in [0.15, 0.2) is 0 Å². The molecule has 0 saturated carbocycles. The van der Waals surface area contributed by atoms with Gasteiger partial charge in [0.25, 0.3) is 0 Å². The number of rotatable bonds is 3. The Bertz CT molecular complexity index is 513. The summed E-state index contributed by atoms with van der Waals surface area (Å²) in [7, 11) is 0. The summed E-state index contributed by atoms with van der Waals surface area (Å²) < 4.78 is 1.00. The van der Waals surface area contributed by atoms with Crippen LogP contribution in [-0.2, 0) is 5.75 Å². The summed E-state index contributed by atoms with van der Waals surface area (Å²) in [6.45, 7) is 0. The first-order chi connectivity index (χ1) is 8.15. The molecule has 2 aromatic rings. The summed E-state index contributed by atoms with van der Waals surface area (Å²) in [6, 6.07) is 13.8. The summed E-state index contributed by atoms with van der Waals surface area (Å²) in [4.78, 5) is 1.19. The molecule has 0 radical (unpaired) electrons. The molecule has 2 rings (SSSR count). The zero-order chi connectivity index (χ0) is 12.3. The number of nitrogens with two attached hydrogens (primary N) is 1. The monoisotopic (exact) mass is 327 g/mol. The Labute approximate surface area is 118 Å². The van der Waals surface area contributed by atoms with Crippen molar-refractivity contribution in [3.05, 3.63) is 57.5 Å². The summed E-state index contributed by atoms with van der Waals surface area (Å²) in [5, 5.41) is 0.794. The molecule has 0 bridgehead atoms. The molecular weight excluding hydrogens is 318 g/mol. The zero-order valence-electron chi connectivity index (χ0n) is 8.99. The summed E-state index contributed by atoms with van der Waals surface area (Å²) in [5.74, 6) is 0.857. The van der Waals surface area contributed by atoms with Crippen molar-refractivity contribution < 1.29 is 0 Å². The van der Waals surface area contributed by atoms with E-state index >= 15 is 0 Å². The van der Waals surface area contributed by atoms with Crippen LogP contribution in [0.5, 0.6) is 0 Å². The minimum absolute atomic E-state index is 0.788. The van der Waals surface area contributed by atoms with Crippen LogP contribution < -0.4 is 5.73 Å². The molecule has 88 valence electrons. The van der Waals surface area contributed by atoms with Gasteiger partial charge >= 0.3 is 0 Å². The average Bonchev–Trinajstić information content (AvgIpc) is 2.30. The molecule has 0 fully saturated rings. The Hall–Kier alpha value is -0.640. The van der Waals surface area contributed by atoms with Crippen molar-refractivity contribution >= 4 is 45.0 Å². The Balaban J connectivity index is 2.04. The molecule has 1 nitrogen and oxygen atoms in total. The van der Waals surface area contributed by atoms with E-state index in [1.54, 1.807) is 11.8 Å². The number of hydrogen-bond donors (Lipinski definition) is 1. The number of anilines is 1. The van der Waals surface area contributed by atoms with Crippen LogP contribution in [0.15, 0.2) is 51.8 Å². The third-order valence-corrected chi connectivity index (χ3v) is 4.20. The number of halogens is 2. The van der Waals surface area contributed by atoms with Gasteiger partial charge in [-0.1, -0.05) is 33.6 Å². The normalized spacial score (nSPS) is 10.5. The maximum Gasteiger partial charge on any atom is 0.0457 e. The summed E-state index contributed by atoms with van der Waals surface area (Å²) >= 11 is 11.3. The lowest BCUT2D eigenvalue weighted by molar-refractivity contribution is 1.37. The van der Waals surface area contributed by atoms with E-state index in [0.717, 1.165) is 26.5 Å². The predicted octanol–water partition coefficient (Wildman–Crippen LogP) is 4.98. The minimum atomic E-state index is 0.788. The van der Waals surface area contributed by atoms with Crippen LogP contribution in [-0.4, -0.2) is 0 Å². The van der Waals surface area contributed by atoms with Crippen LogP contribution in [0.25, 0.3) is 0 Å². The molecule has 0 spiro atoms. The average molecular weight is 329 g/mol. The predicted molar refractivity (Wildman–Crippen MR) is 79.6 cm³/mol. The molecule has 0 heterocycles. The largest absolute Gasteiger partial charge is 0.399 e. The third kappa shape index (κ3) is 3.66. The fraction of sp³-hybridized carbons (Fsp3) is 0.0769. The molecule has 0 unspecified atom stereocenters. The van der Waals surface area contributed by atoms with Crippen molar-refractivity contribution in [2.45, 2.75) is 10.6 Å². The van der Waals surface area contributed by atoms with Gasteiger partial charge in [0.1, 0.15) is 0 Å². The lowest BCUT2D eigenvalue weighted by Gasteiger charge is -2.05. The molecule has 0 aliphatic carbocycles.